The zero-order chi connectivity index (χ0) is 44.8. The van der Waals surface area contributed by atoms with Crippen molar-refractivity contribution in [3.63, 3.8) is 0 Å². The van der Waals surface area contributed by atoms with E-state index in [1.807, 2.05) is 0 Å². The summed E-state index contributed by atoms with van der Waals surface area (Å²) in [5.74, 6) is -2.01. The van der Waals surface area contributed by atoms with Crippen molar-refractivity contribution >= 4 is 41.4 Å². The predicted molar refractivity (Wildman–Crippen MR) is 240 cm³/mol. The Hall–Kier alpha value is -6.46. The van der Waals surface area contributed by atoms with Gasteiger partial charge in [0.05, 0.1) is 46.1 Å². The maximum atomic E-state index is 13.0. The first-order valence-corrected chi connectivity index (χ1v) is 21.9. The van der Waals surface area contributed by atoms with E-state index in [-0.39, 0.29) is 44.7 Å². The number of ether oxygens (including phenoxy) is 6. The van der Waals surface area contributed by atoms with Crippen LogP contribution >= 0.6 is 11.6 Å². The van der Waals surface area contributed by atoms with Gasteiger partial charge < -0.3 is 28.4 Å². The Labute approximate surface area is 373 Å². The number of halogens is 1. The summed E-state index contributed by atoms with van der Waals surface area (Å²) >= 11 is 6.30. The Balaban J connectivity index is 1.06. The fraction of sp³-hybridized carbons (Fsp3) is 0.314. The second kappa shape index (κ2) is 25.5. The van der Waals surface area contributed by atoms with Crippen LogP contribution < -0.4 is 23.7 Å². The molecule has 11 nitrogen and oxygen atoms in total. The zero-order valence-corrected chi connectivity index (χ0v) is 36.5. The third-order valence-corrected chi connectivity index (χ3v) is 10.2. The van der Waals surface area contributed by atoms with Gasteiger partial charge in [-0.1, -0.05) is 89.7 Å². The smallest absolute Gasteiger partial charge is 0.343 e. The van der Waals surface area contributed by atoms with E-state index in [9.17, 15) is 24.0 Å². The molecule has 0 atom stereocenters. The minimum Gasteiger partial charge on any atom is -0.494 e. The van der Waals surface area contributed by atoms with Crippen LogP contribution in [-0.2, 0) is 4.74 Å². The first kappa shape index (κ1) is 47.6. The molecule has 0 aliphatic heterocycles. The highest BCUT2D eigenvalue weighted by atomic mass is 35.5. The lowest BCUT2D eigenvalue weighted by Gasteiger charge is -2.10. The van der Waals surface area contributed by atoms with Crippen LogP contribution in [0.1, 0.15) is 143 Å². The number of rotatable bonds is 24. The van der Waals surface area contributed by atoms with Crippen LogP contribution in [0.4, 0.5) is 0 Å². The van der Waals surface area contributed by atoms with Crippen molar-refractivity contribution in [1.29, 1.82) is 0 Å². The lowest BCUT2D eigenvalue weighted by atomic mass is 10.1. The number of hydrogen-bond donors (Lipinski definition) is 0. The molecule has 5 aromatic carbocycles. The van der Waals surface area contributed by atoms with Crippen LogP contribution in [0.5, 0.6) is 28.7 Å². The standard InChI is InChI=1S/C51H53ClO11/c1-3-5-7-9-11-13-33-58-41-24-15-37(16-25-41)48(54)61-43-30-21-39(22-31-43)50(56)63-46-35-40(23-32-45(46)52)51(57)62-44-28-19-38(20-29-44)49(55)60-42-26-17-36(18-27-42)47(53)59-34-14-12-10-8-6-4-2/h15-32,35H,3-14,33-34H2,1-2H3. The maximum absolute atomic E-state index is 13.0. The number of hydrogen-bond acceptors (Lipinski definition) is 11. The average Bonchev–Trinajstić information content (AvgIpc) is 3.30. The monoisotopic (exact) mass is 876 g/mol. The van der Waals surface area contributed by atoms with Crippen LogP contribution in [0, 0.1) is 0 Å². The van der Waals surface area contributed by atoms with Crippen LogP contribution in [0.3, 0.4) is 0 Å². The number of esters is 5. The number of carbonyl (C=O) groups is 5. The SMILES string of the molecule is CCCCCCCCOC(=O)c1ccc(OC(=O)c2ccc(OC(=O)c3ccc(Cl)c(OC(=O)c4ccc(OC(=O)c5ccc(OCCCCCCCC)cc5)cc4)c3)cc2)cc1. The Kier molecular flexibility index (Phi) is 19.2. The van der Waals surface area contributed by atoms with Crippen LogP contribution in [-0.4, -0.2) is 43.1 Å². The molecule has 0 aliphatic carbocycles. The first-order valence-electron chi connectivity index (χ1n) is 21.5. The minimum atomic E-state index is -0.772. The van der Waals surface area contributed by atoms with Crippen molar-refractivity contribution in [2.75, 3.05) is 13.2 Å². The van der Waals surface area contributed by atoms with Crippen molar-refractivity contribution in [3.8, 4) is 28.7 Å². The second-order valence-corrected chi connectivity index (χ2v) is 15.2. The van der Waals surface area contributed by atoms with Gasteiger partial charge >= 0.3 is 29.8 Å². The Morgan fingerprint density at radius 2 is 0.730 bits per heavy atom. The average molecular weight is 877 g/mol. The third kappa shape index (κ3) is 15.8. The van der Waals surface area contributed by atoms with E-state index < -0.39 is 29.8 Å². The molecule has 0 aliphatic rings. The molecule has 330 valence electrons. The molecule has 0 aromatic heterocycles. The summed E-state index contributed by atoms with van der Waals surface area (Å²) in [7, 11) is 0. The first-order chi connectivity index (χ1) is 30.6. The molecular weight excluding hydrogens is 824 g/mol. The summed E-state index contributed by atoms with van der Waals surface area (Å²) in [6, 6.07) is 28.4. The van der Waals surface area contributed by atoms with Crippen LogP contribution in [0.15, 0.2) is 115 Å². The summed E-state index contributed by atoms with van der Waals surface area (Å²) < 4.78 is 33.0. The molecule has 0 fully saturated rings. The van der Waals surface area contributed by atoms with Gasteiger partial charge in [-0.3, -0.25) is 0 Å². The summed E-state index contributed by atoms with van der Waals surface area (Å²) in [5.41, 5.74) is 1.07. The number of carbonyl (C=O) groups excluding carboxylic acids is 5. The van der Waals surface area contributed by atoms with Crippen molar-refractivity contribution in [2.45, 2.75) is 90.9 Å². The van der Waals surface area contributed by atoms with E-state index >= 15 is 0 Å². The van der Waals surface area contributed by atoms with Crippen molar-refractivity contribution in [2.24, 2.45) is 0 Å². The highest BCUT2D eigenvalue weighted by Crippen LogP contribution is 2.28. The van der Waals surface area contributed by atoms with E-state index in [1.54, 1.807) is 24.3 Å². The van der Waals surface area contributed by atoms with E-state index in [2.05, 4.69) is 13.8 Å². The molecule has 5 aromatic rings. The summed E-state index contributed by atoms with van der Waals surface area (Å²) in [5, 5.41) is 0.0743. The van der Waals surface area contributed by atoms with Crippen molar-refractivity contribution < 1.29 is 52.4 Å². The topological polar surface area (TPSA) is 141 Å². The second-order valence-electron chi connectivity index (χ2n) is 14.8. The molecule has 0 unspecified atom stereocenters. The molecule has 0 spiro atoms. The molecular formula is C51H53ClO11. The molecule has 0 bridgehead atoms. The summed E-state index contributed by atoms with van der Waals surface area (Å²) in [4.78, 5) is 64.0. The summed E-state index contributed by atoms with van der Waals surface area (Å²) in [6.07, 6.45) is 13.6. The molecule has 0 radical (unpaired) electrons. The van der Waals surface area contributed by atoms with Gasteiger partial charge in [-0.05, 0) is 128 Å². The van der Waals surface area contributed by atoms with Gasteiger partial charge in [0.2, 0.25) is 0 Å². The fourth-order valence-electron chi connectivity index (χ4n) is 6.23. The van der Waals surface area contributed by atoms with Gasteiger partial charge in [-0.15, -0.1) is 0 Å². The van der Waals surface area contributed by atoms with Gasteiger partial charge in [0, 0.05) is 0 Å². The molecule has 0 N–H and O–H groups in total. The van der Waals surface area contributed by atoms with E-state index in [0.717, 1.165) is 32.1 Å². The predicted octanol–water partition coefficient (Wildman–Crippen LogP) is 12.5. The Morgan fingerprint density at radius 1 is 0.381 bits per heavy atom. The normalized spacial score (nSPS) is 10.7. The molecule has 12 heteroatoms. The zero-order valence-electron chi connectivity index (χ0n) is 35.7. The molecule has 0 heterocycles. The Bertz CT molecular complexity index is 2250. The van der Waals surface area contributed by atoms with Gasteiger partial charge in [-0.25, -0.2) is 24.0 Å². The van der Waals surface area contributed by atoms with Crippen molar-refractivity contribution in [3.05, 3.63) is 148 Å². The molecule has 0 saturated carbocycles. The van der Waals surface area contributed by atoms with Gasteiger partial charge in [0.1, 0.15) is 23.0 Å². The Morgan fingerprint density at radius 3 is 1.19 bits per heavy atom. The van der Waals surface area contributed by atoms with E-state index in [4.69, 9.17) is 40.0 Å². The molecule has 0 saturated heterocycles. The van der Waals surface area contributed by atoms with Crippen LogP contribution in [0.25, 0.3) is 0 Å². The fourth-order valence-corrected chi connectivity index (χ4v) is 6.39. The van der Waals surface area contributed by atoms with Crippen LogP contribution in [0.2, 0.25) is 5.02 Å². The quantitative estimate of drug-likeness (QED) is 0.0332. The van der Waals surface area contributed by atoms with E-state index in [0.29, 0.717) is 30.1 Å². The number of unbranched alkanes of at least 4 members (excludes halogenated alkanes) is 10. The van der Waals surface area contributed by atoms with Gasteiger partial charge in [-0.2, -0.15) is 0 Å². The number of benzene rings is 5. The molecule has 5 rings (SSSR count). The molecule has 63 heavy (non-hydrogen) atoms. The van der Waals surface area contributed by atoms with E-state index in [1.165, 1.54) is 136 Å². The third-order valence-electron chi connectivity index (χ3n) is 9.86. The summed E-state index contributed by atoms with van der Waals surface area (Å²) in [6.45, 7) is 5.34. The van der Waals surface area contributed by atoms with Gasteiger partial charge in [0.15, 0.2) is 5.75 Å². The van der Waals surface area contributed by atoms with Gasteiger partial charge in [0.25, 0.3) is 0 Å². The minimum absolute atomic E-state index is 0.0417. The van der Waals surface area contributed by atoms with Crippen molar-refractivity contribution in [1.82, 2.24) is 0 Å². The molecule has 0 amide bonds. The lowest BCUT2D eigenvalue weighted by molar-refractivity contribution is 0.0496. The highest BCUT2D eigenvalue weighted by Gasteiger charge is 2.18. The largest absolute Gasteiger partial charge is 0.494 e. The maximum Gasteiger partial charge on any atom is 0.343 e. The lowest BCUT2D eigenvalue weighted by Crippen LogP contribution is -2.12. The highest BCUT2D eigenvalue weighted by molar-refractivity contribution is 6.32.